The second-order valence-corrected chi connectivity index (χ2v) is 9.47. The number of para-hydroxylation sites is 1. The molecule has 8 heteroatoms. The number of amides is 1. The van der Waals surface area contributed by atoms with Gasteiger partial charge in [-0.1, -0.05) is 40.3 Å². The first-order chi connectivity index (χ1) is 14.5. The van der Waals surface area contributed by atoms with Crippen molar-refractivity contribution in [2.45, 2.75) is 22.9 Å². The minimum Gasteiger partial charge on any atom is -0.496 e. The van der Waals surface area contributed by atoms with E-state index in [2.05, 4.69) is 37.8 Å². The molecule has 2 bridgehead atoms. The highest BCUT2D eigenvalue weighted by molar-refractivity contribution is 14.1. The summed E-state index contributed by atoms with van der Waals surface area (Å²) in [7, 11) is 1.57. The predicted molar refractivity (Wildman–Crippen MR) is 124 cm³/mol. The number of ether oxygens (including phenoxy) is 1. The fraction of sp³-hybridized carbons (Fsp3) is 0.364. The zero-order valence-electron chi connectivity index (χ0n) is 16.4. The summed E-state index contributed by atoms with van der Waals surface area (Å²) in [4.78, 5) is 20.3. The van der Waals surface area contributed by atoms with Crippen molar-refractivity contribution in [3.63, 3.8) is 0 Å². The van der Waals surface area contributed by atoms with Crippen LogP contribution in [0.1, 0.15) is 23.2 Å². The van der Waals surface area contributed by atoms with Gasteiger partial charge in [-0.15, -0.1) is 0 Å². The molecule has 6 rings (SSSR count). The number of carbonyl (C=O) groups is 1. The highest BCUT2D eigenvalue weighted by atomic mass is 127. The molecule has 3 aliphatic heterocycles. The molecule has 0 spiro atoms. The number of aromatic nitrogens is 1. The third-order valence-electron chi connectivity index (χ3n) is 6.08. The van der Waals surface area contributed by atoms with Crippen molar-refractivity contribution in [1.29, 1.82) is 0 Å². The summed E-state index contributed by atoms with van der Waals surface area (Å²) >= 11 is 8.53. The molecule has 6 nitrogen and oxygen atoms in total. The van der Waals surface area contributed by atoms with E-state index >= 15 is 0 Å². The third kappa shape index (κ3) is 3.46. The number of methoxy groups -OCH3 is 1. The maximum Gasteiger partial charge on any atom is 0.253 e. The average Bonchev–Trinajstić information content (AvgIpc) is 3.20. The van der Waals surface area contributed by atoms with E-state index in [9.17, 15) is 4.79 Å². The van der Waals surface area contributed by atoms with Crippen LogP contribution < -0.4 is 10.1 Å². The molecule has 30 heavy (non-hydrogen) atoms. The lowest BCUT2D eigenvalue weighted by atomic mass is 9.84. The van der Waals surface area contributed by atoms with Crippen molar-refractivity contribution in [1.82, 2.24) is 15.2 Å². The number of fused-ring (bicyclic) bond motifs is 4. The minimum absolute atomic E-state index is 0.107. The maximum absolute atomic E-state index is 13.2. The van der Waals surface area contributed by atoms with Crippen LogP contribution in [-0.4, -0.2) is 46.1 Å². The number of halogens is 2. The van der Waals surface area contributed by atoms with Crippen molar-refractivity contribution in [2.24, 2.45) is 5.92 Å². The number of oxazole rings is 1. The molecule has 0 saturated carbocycles. The lowest BCUT2D eigenvalue weighted by Gasteiger charge is -2.48. The third-order valence-corrected chi connectivity index (χ3v) is 7.88. The molecule has 2 unspecified atom stereocenters. The van der Waals surface area contributed by atoms with E-state index < -0.39 is 0 Å². The van der Waals surface area contributed by atoms with Crippen LogP contribution in [0.3, 0.4) is 0 Å². The predicted octanol–water partition coefficient (Wildman–Crippen LogP) is 4.74. The minimum atomic E-state index is -0.107. The number of piperidine rings is 3. The number of hydrogen-bond donors (Lipinski definition) is 1. The summed E-state index contributed by atoms with van der Waals surface area (Å²) in [5.74, 6) is 1.39. The molecular formula is C22H21ClIN3O3. The second-order valence-electron chi connectivity index (χ2n) is 7.76. The Hall–Kier alpha value is -1.84. The van der Waals surface area contributed by atoms with Crippen LogP contribution in [0.25, 0.3) is 22.6 Å². The Kier molecular flexibility index (Phi) is 5.37. The lowest BCUT2D eigenvalue weighted by molar-refractivity contribution is 0.0554. The van der Waals surface area contributed by atoms with Crippen LogP contribution in [0.15, 0.2) is 40.8 Å². The zero-order valence-corrected chi connectivity index (χ0v) is 19.3. The number of nitrogens with zero attached hydrogens (tertiary/aromatic N) is 2. The number of nitrogens with one attached hydrogen (secondary N) is 1. The average molecular weight is 538 g/mol. The van der Waals surface area contributed by atoms with Gasteiger partial charge in [-0.05, 0) is 62.2 Å². The number of hydrogen-bond acceptors (Lipinski definition) is 5. The van der Waals surface area contributed by atoms with Gasteiger partial charge in [0.2, 0.25) is 5.89 Å². The van der Waals surface area contributed by atoms with E-state index in [1.165, 1.54) is 0 Å². The number of rotatable bonds is 4. The first-order valence-electron chi connectivity index (χ1n) is 9.97. The molecule has 1 N–H and O–H groups in total. The molecule has 0 aliphatic carbocycles. The summed E-state index contributed by atoms with van der Waals surface area (Å²) < 4.78 is 11.7. The summed E-state index contributed by atoms with van der Waals surface area (Å²) in [6.45, 7) is 2.24. The van der Waals surface area contributed by atoms with Crippen LogP contribution in [0.5, 0.6) is 5.75 Å². The van der Waals surface area contributed by atoms with Gasteiger partial charge in [-0.2, -0.15) is 0 Å². The molecule has 4 heterocycles. The van der Waals surface area contributed by atoms with E-state index in [4.69, 9.17) is 20.8 Å². The molecule has 0 radical (unpaired) electrons. The van der Waals surface area contributed by atoms with Crippen LogP contribution in [0.4, 0.5) is 0 Å². The van der Waals surface area contributed by atoms with E-state index in [-0.39, 0.29) is 11.9 Å². The molecule has 3 fully saturated rings. The molecule has 1 aromatic heterocycles. The fourth-order valence-corrected chi connectivity index (χ4v) is 5.97. The maximum atomic E-state index is 13.2. The van der Waals surface area contributed by atoms with Gasteiger partial charge in [0.25, 0.3) is 5.91 Å². The molecule has 3 aliphatic rings. The quantitative estimate of drug-likeness (QED) is 0.296. The highest BCUT2D eigenvalue weighted by Gasteiger charge is 2.41. The molecule has 1 amide bonds. The first kappa shape index (κ1) is 20.1. The molecular weight excluding hydrogens is 517 g/mol. The number of carbonyl (C=O) groups excluding carboxylic acids is 1. The summed E-state index contributed by atoms with van der Waals surface area (Å²) in [6, 6.07) is 10.9. The normalized spacial score (nSPS) is 25.4. The second kappa shape index (κ2) is 8.01. The van der Waals surface area contributed by atoms with Crippen LogP contribution >= 0.6 is 34.2 Å². The highest BCUT2D eigenvalue weighted by Crippen LogP contribution is 2.36. The Morgan fingerprint density at radius 1 is 1.30 bits per heavy atom. The summed E-state index contributed by atoms with van der Waals surface area (Å²) in [5.41, 5.74) is 2.33. The first-order valence-corrected chi connectivity index (χ1v) is 11.6. The molecule has 2 atom stereocenters. The van der Waals surface area contributed by atoms with E-state index in [0.717, 1.165) is 25.9 Å². The van der Waals surface area contributed by atoms with Crippen LogP contribution in [-0.2, 0) is 0 Å². The van der Waals surface area contributed by atoms with Gasteiger partial charge < -0.3 is 14.5 Å². The largest absolute Gasteiger partial charge is 0.496 e. The number of benzene rings is 2. The Labute approximate surface area is 193 Å². The van der Waals surface area contributed by atoms with Crippen molar-refractivity contribution in [2.75, 3.05) is 20.2 Å². The Morgan fingerprint density at radius 3 is 2.83 bits per heavy atom. The molecule has 3 saturated heterocycles. The van der Waals surface area contributed by atoms with E-state index in [1.54, 1.807) is 31.4 Å². The topological polar surface area (TPSA) is 67.6 Å². The molecule has 3 aromatic rings. The van der Waals surface area contributed by atoms with Crippen molar-refractivity contribution < 1.29 is 13.9 Å². The van der Waals surface area contributed by atoms with Crippen LogP contribution in [0.2, 0.25) is 5.02 Å². The molecule has 2 aromatic carbocycles. The SMILES string of the molecule is COc1cc(Cl)ccc1-c1nc2c(C(=O)NC3C4CCN(CC4)C3I)cccc2o1. The van der Waals surface area contributed by atoms with Crippen LogP contribution in [0, 0.1) is 5.92 Å². The summed E-state index contributed by atoms with van der Waals surface area (Å²) in [5, 5.41) is 3.84. The summed E-state index contributed by atoms with van der Waals surface area (Å²) in [6.07, 6.45) is 2.28. The van der Waals surface area contributed by atoms with Gasteiger partial charge in [0.15, 0.2) is 5.58 Å². The van der Waals surface area contributed by atoms with Crippen molar-refractivity contribution >= 4 is 51.2 Å². The Bertz CT molecular complexity index is 1110. The monoisotopic (exact) mass is 537 g/mol. The van der Waals surface area contributed by atoms with E-state index in [0.29, 0.717) is 48.9 Å². The Balaban J connectivity index is 1.48. The zero-order chi connectivity index (χ0) is 20.8. The van der Waals surface area contributed by atoms with Gasteiger partial charge in [0, 0.05) is 5.02 Å². The van der Waals surface area contributed by atoms with Gasteiger partial charge in [0.1, 0.15) is 11.3 Å². The standard InChI is InChI=1S/C22H21ClIN3O3/c1-29-17-11-13(23)5-6-14(17)22-26-19-15(3-2-4-16(19)30-22)21(28)25-18-12-7-9-27(10-8-12)20(18)24/h2-6,11-12,18,20H,7-10H2,1H3,(H,25,28). The fourth-order valence-electron chi connectivity index (χ4n) is 4.48. The van der Waals surface area contributed by atoms with Gasteiger partial charge >= 0.3 is 0 Å². The van der Waals surface area contributed by atoms with Gasteiger partial charge in [-0.25, -0.2) is 4.98 Å². The smallest absolute Gasteiger partial charge is 0.253 e. The number of alkyl halides is 1. The van der Waals surface area contributed by atoms with E-state index in [1.807, 2.05) is 12.1 Å². The molecule has 156 valence electrons. The van der Waals surface area contributed by atoms with Crippen molar-refractivity contribution in [3.05, 3.63) is 47.0 Å². The lowest BCUT2D eigenvalue weighted by Crippen LogP contribution is -2.61. The van der Waals surface area contributed by atoms with Crippen molar-refractivity contribution in [3.8, 4) is 17.2 Å². The van der Waals surface area contributed by atoms with Gasteiger partial charge in [-0.3, -0.25) is 9.69 Å². The Morgan fingerprint density at radius 2 is 2.10 bits per heavy atom. The van der Waals surface area contributed by atoms with Gasteiger partial charge in [0.05, 0.1) is 28.3 Å².